The lowest BCUT2D eigenvalue weighted by atomic mass is 9.40. The van der Waals surface area contributed by atoms with Crippen LogP contribution in [0, 0.1) is 33.5 Å². The first kappa shape index (κ1) is 15.0. The molecule has 124 valence electrons. The van der Waals surface area contributed by atoms with Crippen LogP contribution in [0.3, 0.4) is 0 Å². The van der Waals surface area contributed by atoms with E-state index in [1.807, 2.05) is 0 Å². The highest BCUT2D eigenvalue weighted by molar-refractivity contribution is 5.75. The van der Waals surface area contributed by atoms with Crippen LogP contribution >= 0.6 is 0 Å². The Kier molecular flexibility index (Phi) is 2.94. The Hall–Kier alpha value is -0.530. The van der Waals surface area contributed by atoms with Crippen LogP contribution in [0.25, 0.3) is 0 Å². The lowest BCUT2D eigenvalue weighted by Crippen LogP contribution is -2.58. The van der Waals surface area contributed by atoms with Gasteiger partial charge in [0.25, 0.3) is 0 Å². The van der Waals surface area contributed by atoms with Crippen molar-refractivity contribution in [3.05, 3.63) is 0 Å². The highest BCUT2D eigenvalue weighted by Gasteiger charge is 2.66. The Labute approximate surface area is 135 Å². The van der Waals surface area contributed by atoms with E-state index in [4.69, 9.17) is 0 Å². The number of rotatable bonds is 1. The molecule has 4 aliphatic rings. The molecule has 0 aromatic heterocycles. The number of fused-ring (bicyclic) bond motifs is 3. The molecular formula is C20H32O2. The maximum Gasteiger partial charge on any atom is 0.309 e. The van der Waals surface area contributed by atoms with Crippen molar-refractivity contribution in [2.45, 2.75) is 85.0 Å². The number of carbonyl (C=O) groups is 1. The third-order valence-electron chi connectivity index (χ3n) is 8.97. The fraction of sp³-hybridized carbons (Fsp3) is 0.950. The van der Waals surface area contributed by atoms with Gasteiger partial charge in [0.05, 0.1) is 5.41 Å². The second-order valence-corrected chi connectivity index (χ2v) is 10.1. The van der Waals surface area contributed by atoms with Crippen LogP contribution in [-0.4, -0.2) is 11.1 Å². The van der Waals surface area contributed by atoms with E-state index in [9.17, 15) is 9.90 Å². The van der Waals surface area contributed by atoms with Gasteiger partial charge in [-0.2, -0.15) is 0 Å². The normalized spacial score (nSPS) is 57.0. The van der Waals surface area contributed by atoms with E-state index < -0.39 is 11.4 Å². The van der Waals surface area contributed by atoms with E-state index >= 15 is 0 Å². The molecule has 2 nitrogen and oxygen atoms in total. The quantitative estimate of drug-likeness (QED) is 0.717. The zero-order valence-corrected chi connectivity index (χ0v) is 14.6. The van der Waals surface area contributed by atoms with Crippen LogP contribution in [0.1, 0.15) is 85.0 Å². The fourth-order valence-corrected chi connectivity index (χ4v) is 7.97. The van der Waals surface area contributed by atoms with Crippen molar-refractivity contribution in [1.82, 2.24) is 0 Å². The maximum absolute atomic E-state index is 12.0. The molecule has 1 spiro atoms. The van der Waals surface area contributed by atoms with Crippen molar-refractivity contribution in [2.24, 2.45) is 33.5 Å². The molecule has 1 N–H and O–H groups in total. The molecule has 0 radical (unpaired) electrons. The van der Waals surface area contributed by atoms with Crippen molar-refractivity contribution in [1.29, 1.82) is 0 Å². The van der Waals surface area contributed by atoms with Gasteiger partial charge >= 0.3 is 5.97 Å². The summed E-state index contributed by atoms with van der Waals surface area (Å²) in [7, 11) is 0. The minimum atomic E-state index is -0.536. The van der Waals surface area contributed by atoms with Crippen LogP contribution in [0.4, 0.5) is 0 Å². The monoisotopic (exact) mass is 304 g/mol. The Balaban J connectivity index is 1.74. The predicted molar refractivity (Wildman–Crippen MR) is 87.5 cm³/mol. The summed E-state index contributed by atoms with van der Waals surface area (Å²) in [5.74, 6) is 0.645. The van der Waals surface area contributed by atoms with Crippen molar-refractivity contribution < 1.29 is 9.90 Å². The number of hydrogen-bond acceptors (Lipinski definition) is 1. The third-order valence-corrected chi connectivity index (χ3v) is 8.97. The summed E-state index contributed by atoms with van der Waals surface area (Å²) in [4.78, 5) is 12.0. The molecule has 2 bridgehead atoms. The van der Waals surface area contributed by atoms with E-state index in [-0.39, 0.29) is 5.41 Å². The molecule has 0 aromatic rings. The van der Waals surface area contributed by atoms with E-state index in [1.165, 1.54) is 44.9 Å². The van der Waals surface area contributed by atoms with Gasteiger partial charge in [-0.05, 0) is 92.8 Å². The van der Waals surface area contributed by atoms with Crippen molar-refractivity contribution in [3.8, 4) is 0 Å². The SMILES string of the molecule is C[C@@]12CCC3[C@@](CC[C@@H]4[C@](C)(C(=O)O)CCC[C@@]34C)(CC1)C2. The zero-order chi connectivity index (χ0) is 15.8. The van der Waals surface area contributed by atoms with Gasteiger partial charge in [-0.1, -0.05) is 20.3 Å². The van der Waals surface area contributed by atoms with Gasteiger partial charge in [-0.25, -0.2) is 0 Å². The molecule has 4 rings (SSSR count). The van der Waals surface area contributed by atoms with Gasteiger partial charge in [0.2, 0.25) is 0 Å². The number of carboxylic acids is 1. The van der Waals surface area contributed by atoms with E-state index in [2.05, 4.69) is 20.8 Å². The summed E-state index contributed by atoms with van der Waals surface area (Å²) in [6, 6.07) is 0. The van der Waals surface area contributed by atoms with Crippen LogP contribution in [0.2, 0.25) is 0 Å². The van der Waals surface area contributed by atoms with Crippen LogP contribution in [0.5, 0.6) is 0 Å². The highest BCUT2D eigenvalue weighted by atomic mass is 16.4. The van der Waals surface area contributed by atoms with E-state index in [0.29, 0.717) is 16.7 Å². The van der Waals surface area contributed by atoms with Crippen LogP contribution < -0.4 is 0 Å². The summed E-state index contributed by atoms with van der Waals surface area (Å²) in [5, 5.41) is 9.92. The maximum atomic E-state index is 12.0. The van der Waals surface area contributed by atoms with Crippen molar-refractivity contribution >= 4 is 5.97 Å². The summed E-state index contributed by atoms with van der Waals surface area (Å²) in [5.41, 5.74) is 0.961. The Morgan fingerprint density at radius 3 is 2.36 bits per heavy atom. The Bertz CT molecular complexity index is 514. The lowest BCUT2D eigenvalue weighted by molar-refractivity contribution is -0.182. The zero-order valence-electron chi connectivity index (χ0n) is 14.6. The number of aliphatic carboxylic acids is 1. The topological polar surface area (TPSA) is 37.3 Å². The van der Waals surface area contributed by atoms with Crippen molar-refractivity contribution in [3.63, 3.8) is 0 Å². The Morgan fingerprint density at radius 2 is 1.64 bits per heavy atom. The molecular weight excluding hydrogens is 272 g/mol. The first-order chi connectivity index (χ1) is 10.2. The molecule has 0 saturated heterocycles. The summed E-state index contributed by atoms with van der Waals surface area (Å²) < 4.78 is 0. The standard InChI is InChI=1S/C20H32O2/c1-17-9-5-15-18(2)7-4-8-19(3,16(21)22)14(18)6-10-20(15,13-17)12-11-17/h14-15H,4-13H2,1-3H3,(H,21,22)/t14-,15?,17+,18+,19+,20-/m0/s1. The summed E-state index contributed by atoms with van der Waals surface area (Å²) in [6.07, 6.45) is 12.7. The molecule has 2 heteroatoms. The molecule has 4 aliphatic carbocycles. The van der Waals surface area contributed by atoms with Crippen LogP contribution in [0.15, 0.2) is 0 Å². The van der Waals surface area contributed by atoms with Gasteiger partial charge < -0.3 is 5.11 Å². The van der Waals surface area contributed by atoms with E-state index in [0.717, 1.165) is 25.2 Å². The van der Waals surface area contributed by atoms with Gasteiger partial charge in [-0.3, -0.25) is 4.79 Å². The molecule has 0 aromatic carbocycles. The average Bonchev–Trinajstić information content (AvgIpc) is 2.68. The van der Waals surface area contributed by atoms with Gasteiger partial charge in [0.1, 0.15) is 0 Å². The minimum absolute atomic E-state index is 0.273. The second-order valence-electron chi connectivity index (χ2n) is 10.1. The van der Waals surface area contributed by atoms with Crippen molar-refractivity contribution in [2.75, 3.05) is 0 Å². The fourth-order valence-electron chi connectivity index (χ4n) is 7.97. The minimum Gasteiger partial charge on any atom is -0.481 e. The molecule has 22 heavy (non-hydrogen) atoms. The average molecular weight is 304 g/mol. The molecule has 0 aliphatic heterocycles. The molecule has 4 saturated carbocycles. The first-order valence-electron chi connectivity index (χ1n) is 9.48. The smallest absolute Gasteiger partial charge is 0.309 e. The largest absolute Gasteiger partial charge is 0.481 e. The molecule has 0 heterocycles. The predicted octanol–water partition coefficient (Wildman–Crippen LogP) is 5.26. The second kappa shape index (κ2) is 4.30. The van der Waals surface area contributed by atoms with Gasteiger partial charge in [0.15, 0.2) is 0 Å². The molecule has 6 atom stereocenters. The van der Waals surface area contributed by atoms with Crippen LogP contribution in [-0.2, 0) is 4.79 Å². The third kappa shape index (κ3) is 1.70. The summed E-state index contributed by atoms with van der Waals surface area (Å²) >= 11 is 0. The molecule has 4 fully saturated rings. The first-order valence-corrected chi connectivity index (χ1v) is 9.48. The molecule has 1 unspecified atom stereocenters. The number of hydrogen-bond donors (Lipinski definition) is 1. The van der Waals surface area contributed by atoms with Gasteiger partial charge in [-0.15, -0.1) is 0 Å². The van der Waals surface area contributed by atoms with E-state index in [1.54, 1.807) is 0 Å². The lowest BCUT2D eigenvalue weighted by Gasteiger charge is -2.64. The van der Waals surface area contributed by atoms with Gasteiger partial charge in [0, 0.05) is 0 Å². The Morgan fingerprint density at radius 1 is 0.909 bits per heavy atom. The highest BCUT2D eigenvalue weighted by Crippen LogP contribution is 2.73. The molecule has 0 amide bonds. The number of carboxylic acid groups (broad SMARTS) is 1. The summed E-state index contributed by atoms with van der Waals surface area (Å²) in [6.45, 7) is 7.04.